The van der Waals surface area contributed by atoms with Crippen LogP contribution in [-0.2, 0) is 11.3 Å². The number of hydrogen-bond acceptors (Lipinski definition) is 8. The quantitative estimate of drug-likeness (QED) is 0.553. The fourth-order valence-corrected chi connectivity index (χ4v) is 4.74. The molecule has 1 aromatic carbocycles. The lowest BCUT2D eigenvalue weighted by Gasteiger charge is -2.18. The van der Waals surface area contributed by atoms with Crippen molar-refractivity contribution in [3.63, 3.8) is 0 Å². The maximum Gasteiger partial charge on any atom is 0.338 e. The van der Waals surface area contributed by atoms with Crippen LogP contribution >= 0.6 is 11.3 Å². The largest absolute Gasteiger partial charge is 0.493 e. The van der Waals surface area contributed by atoms with E-state index in [-0.39, 0.29) is 12.2 Å². The lowest BCUT2D eigenvalue weighted by atomic mass is 9.90. The van der Waals surface area contributed by atoms with Crippen molar-refractivity contribution in [3.05, 3.63) is 50.9 Å². The maximum atomic E-state index is 12.5. The van der Waals surface area contributed by atoms with Crippen LogP contribution in [0, 0.1) is 0 Å². The Morgan fingerprint density at radius 2 is 1.90 bits per heavy atom. The smallest absolute Gasteiger partial charge is 0.338 e. The Bertz CT molecular complexity index is 1120. The molecule has 30 heavy (non-hydrogen) atoms. The number of hydrogen-bond donors (Lipinski definition) is 0. The minimum Gasteiger partial charge on any atom is -0.493 e. The first-order valence-corrected chi connectivity index (χ1v) is 10.7. The Hall–Kier alpha value is -2.94. The number of esters is 1. The third kappa shape index (κ3) is 4.16. The number of rotatable bonds is 6. The standard InChI is InChI=1S/C21H23N3O5S/c1-27-16-9-8-14(10-17(16)28-2)20(26)29-12-15-11-18(25)24-21(22-15)30-19(23-24)13-6-4-3-5-7-13/h8-11,13H,3-7,12H2,1-2H3. The van der Waals surface area contributed by atoms with Crippen molar-refractivity contribution in [1.82, 2.24) is 14.6 Å². The lowest BCUT2D eigenvalue weighted by molar-refractivity contribution is 0.0467. The summed E-state index contributed by atoms with van der Waals surface area (Å²) in [6, 6.07) is 6.14. The van der Waals surface area contributed by atoms with Crippen molar-refractivity contribution in [3.8, 4) is 11.5 Å². The van der Waals surface area contributed by atoms with Crippen molar-refractivity contribution in [2.75, 3.05) is 14.2 Å². The second-order valence-electron chi connectivity index (χ2n) is 7.20. The van der Waals surface area contributed by atoms with E-state index in [0.29, 0.717) is 33.6 Å². The highest BCUT2D eigenvalue weighted by molar-refractivity contribution is 7.16. The summed E-state index contributed by atoms with van der Waals surface area (Å²) in [6.07, 6.45) is 5.85. The molecule has 0 N–H and O–H groups in total. The molecular formula is C21H23N3O5S. The van der Waals surface area contributed by atoms with Crippen LogP contribution in [0.2, 0.25) is 0 Å². The average molecular weight is 429 g/mol. The van der Waals surface area contributed by atoms with Crippen LogP contribution in [-0.4, -0.2) is 34.8 Å². The van der Waals surface area contributed by atoms with E-state index >= 15 is 0 Å². The van der Waals surface area contributed by atoms with Crippen LogP contribution in [0.5, 0.6) is 11.5 Å². The zero-order chi connectivity index (χ0) is 21.1. The Kier molecular flexibility index (Phi) is 5.98. The molecule has 1 aliphatic rings. The number of aromatic nitrogens is 3. The number of nitrogens with zero attached hydrogens (tertiary/aromatic N) is 3. The fourth-order valence-electron chi connectivity index (χ4n) is 3.65. The normalized spacial score (nSPS) is 14.6. The summed E-state index contributed by atoms with van der Waals surface area (Å²) in [5.41, 5.74) is 0.450. The molecule has 0 spiro atoms. The van der Waals surface area contributed by atoms with Gasteiger partial charge in [0.05, 0.1) is 25.5 Å². The van der Waals surface area contributed by atoms with E-state index in [9.17, 15) is 9.59 Å². The second-order valence-corrected chi connectivity index (χ2v) is 8.19. The van der Waals surface area contributed by atoms with Crippen molar-refractivity contribution >= 4 is 22.3 Å². The molecule has 0 radical (unpaired) electrons. The van der Waals surface area contributed by atoms with Crippen molar-refractivity contribution in [1.29, 1.82) is 0 Å². The summed E-state index contributed by atoms with van der Waals surface area (Å²) in [4.78, 5) is 29.9. The highest BCUT2D eigenvalue weighted by Crippen LogP contribution is 2.34. The van der Waals surface area contributed by atoms with Gasteiger partial charge in [-0.2, -0.15) is 9.61 Å². The highest BCUT2D eigenvalue weighted by Gasteiger charge is 2.21. The number of carbonyl (C=O) groups excluding carboxylic acids is 1. The first-order chi connectivity index (χ1) is 14.6. The summed E-state index contributed by atoms with van der Waals surface area (Å²) in [5.74, 6) is 0.819. The van der Waals surface area contributed by atoms with Crippen LogP contribution < -0.4 is 15.0 Å². The summed E-state index contributed by atoms with van der Waals surface area (Å²) in [5, 5.41) is 5.44. The van der Waals surface area contributed by atoms with Gasteiger partial charge in [0.15, 0.2) is 11.5 Å². The van der Waals surface area contributed by atoms with Gasteiger partial charge in [0.1, 0.15) is 11.6 Å². The fraction of sp³-hybridized carbons (Fsp3) is 0.429. The molecule has 9 heteroatoms. The summed E-state index contributed by atoms with van der Waals surface area (Å²) >= 11 is 1.44. The Labute approximate surface area is 177 Å². The van der Waals surface area contributed by atoms with Gasteiger partial charge in [-0.25, -0.2) is 9.78 Å². The molecule has 158 valence electrons. The van der Waals surface area contributed by atoms with E-state index in [0.717, 1.165) is 17.8 Å². The SMILES string of the molecule is COc1ccc(C(=O)OCc2cc(=O)n3nc(C4CCCCC4)sc3n2)cc1OC. The number of fused-ring (bicyclic) bond motifs is 1. The molecule has 1 saturated carbocycles. The third-order valence-corrected chi connectivity index (χ3v) is 6.31. The zero-order valence-electron chi connectivity index (χ0n) is 16.9. The molecule has 0 aliphatic heterocycles. The Morgan fingerprint density at radius 3 is 2.63 bits per heavy atom. The van der Waals surface area contributed by atoms with Gasteiger partial charge in [-0.3, -0.25) is 4.79 Å². The van der Waals surface area contributed by atoms with Gasteiger partial charge in [-0.05, 0) is 31.0 Å². The summed E-state index contributed by atoms with van der Waals surface area (Å²) in [6.45, 7) is -0.102. The van der Waals surface area contributed by atoms with E-state index in [4.69, 9.17) is 14.2 Å². The molecule has 0 unspecified atom stereocenters. The van der Waals surface area contributed by atoms with Crippen molar-refractivity contribution in [2.24, 2.45) is 0 Å². The molecule has 4 rings (SSSR count). The predicted octanol–water partition coefficient (Wildman–Crippen LogP) is 3.57. The lowest BCUT2D eigenvalue weighted by Crippen LogP contribution is -2.17. The van der Waals surface area contributed by atoms with Crippen LogP contribution in [0.3, 0.4) is 0 Å². The second kappa shape index (κ2) is 8.83. The van der Waals surface area contributed by atoms with Gasteiger partial charge in [0.2, 0.25) is 4.96 Å². The molecule has 0 atom stereocenters. The van der Waals surface area contributed by atoms with Gasteiger partial charge in [0, 0.05) is 12.0 Å². The number of carbonyl (C=O) groups is 1. The monoisotopic (exact) mass is 429 g/mol. The first-order valence-electron chi connectivity index (χ1n) is 9.88. The minimum atomic E-state index is -0.537. The minimum absolute atomic E-state index is 0.102. The molecule has 3 aromatic rings. The van der Waals surface area contributed by atoms with Crippen LogP contribution in [0.1, 0.15) is 59.1 Å². The van der Waals surface area contributed by atoms with Crippen molar-refractivity contribution in [2.45, 2.75) is 44.6 Å². The van der Waals surface area contributed by atoms with Gasteiger partial charge in [-0.15, -0.1) is 0 Å². The van der Waals surface area contributed by atoms with Crippen molar-refractivity contribution < 1.29 is 19.0 Å². The van der Waals surface area contributed by atoms with E-state index in [2.05, 4.69) is 10.1 Å². The van der Waals surface area contributed by atoms with Gasteiger partial charge >= 0.3 is 5.97 Å². The van der Waals surface area contributed by atoms with Crippen LogP contribution in [0.25, 0.3) is 4.96 Å². The molecule has 1 fully saturated rings. The molecule has 8 nitrogen and oxygen atoms in total. The average Bonchev–Trinajstić information content (AvgIpc) is 3.22. The first kappa shape index (κ1) is 20.3. The van der Waals surface area contributed by atoms with E-state index in [1.165, 1.54) is 55.4 Å². The molecular weight excluding hydrogens is 406 g/mol. The number of ether oxygens (including phenoxy) is 3. The topological polar surface area (TPSA) is 92.0 Å². The van der Waals surface area contributed by atoms with E-state index in [1.807, 2.05) is 0 Å². The summed E-state index contributed by atoms with van der Waals surface area (Å²) < 4.78 is 17.1. The molecule has 0 amide bonds. The Morgan fingerprint density at radius 1 is 1.13 bits per heavy atom. The molecule has 0 saturated heterocycles. The van der Waals surface area contributed by atoms with E-state index in [1.54, 1.807) is 18.2 Å². The van der Waals surface area contributed by atoms with Crippen LogP contribution in [0.4, 0.5) is 0 Å². The zero-order valence-corrected chi connectivity index (χ0v) is 17.7. The highest BCUT2D eigenvalue weighted by atomic mass is 32.1. The number of methoxy groups -OCH3 is 2. The molecule has 2 aromatic heterocycles. The molecule has 1 aliphatic carbocycles. The van der Waals surface area contributed by atoms with Crippen LogP contribution in [0.15, 0.2) is 29.1 Å². The number of benzene rings is 1. The van der Waals surface area contributed by atoms with Gasteiger partial charge in [0.25, 0.3) is 5.56 Å². The molecule has 2 heterocycles. The van der Waals surface area contributed by atoms with E-state index < -0.39 is 5.97 Å². The van der Waals surface area contributed by atoms with Gasteiger partial charge < -0.3 is 14.2 Å². The molecule has 0 bridgehead atoms. The Balaban J connectivity index is 1.50. The van der Waals surface area contributed by atoms with Gasteiger partial charge in [-0.1, -0.05) is 30.6 Å². The third-order valence-electron chi connectivity index (χ3n) is 5.24. The maximum absolute atomic E-state index is 12.5. The summed E-state index contributed by atoms with van der Waals surface area (Å²) in [7, 11) is 3.02. The predicted molar refractivity (Wildman–Crippen MR) is 112 cm³/mol.